The van der Waals surface area contributed by atoms with Gasteiger partial charge in [-0.15, -0.1) is 0 Å². The molecule has 2 saturated heterocycles. The van der Waals surface area contributed by atoms with Crippen LogP contribution in [0, 0.1) is 11.7 Å². The van der Waals surface area contributed by atoms with Crippen LogP contribution in [-0.4, -0.2) is 36.5 Å². The minimum Gasteiger partial charge on any atom is -0.345 e. The summed E-state index contributed by atoms with van der Waals surface area (Å²) in [7, 11) is 0. The lowest BCUT2D eigenvalue weighted by atomic mass is 9.76. The van der Waals surface area contributed by atoms with Gasteiger partial charge in [0.05, 0.1) is 11.6 Å². The summed E-state index contributed by atoms with van der Waals surface area (Å²) in [4.78, 5) is 15.8. The maximum absolute atomic E-state index is 15.1. The Morgan fingerprint density at radius 1 is 1.23 bits per heavy atom. The smallest absolute Gasteiger partial charge is 0.255 e. The molecule has 0 aliphatic carbocycles. The highest BCUT2D eigenvalue weighted by Crippen LogP contribution is 2.42. The number of hydrogen-bond donors (Lipinski definition) is 2. The van der Waals surface area contributed by atoms with Crippen molar-refractivity contribution in [2.45, 2.75) is 50.7 Å². The zero-order valence-corrected chi connectivity index (χ0v) is 17.5. The van der Waals surface area contributed by atoms with Gasteiger partial charge in [-0.1, -0.05) is 36.4 Å². The van der Waals surface area contributed by atoms with Crippen LogP contribution in [0.5, 0.6) is 0 Å². The molecule has 2 fully saturated rings. The molecule has 0 saturated carbocycles. The Kier molecular flexibility index (Phi) is 5.34. The van der Waals surface area contributed by atoms with Crippen molar-refractivity contribution in [3.05, 3.63) is 70.5 Å². The van der Waals surface area contributed by atoms with Crippen molar-refractivity contribution >= 4 is 5.91 Å². The number of carbonyl (C=O) groups is 1. The van der Waals surface area contributed by atoms with Gasteiger partial charge < -0.3 is 10.6 Å². The van der Waals surface area contributed by atoms with Crippen molar-refractivity contribution in [1.29, 1.82) is 0 Å². The summed E-state index contributed by atoms with van der Waals surface area (Å²) >= 11 is 0. The lowest BCUT2D eigenvalue weighted by molar-refractivity contribution is 0.0540. The zero-order valence-electron chi connectivity index (χ0n) is 17.5. The monoisotopic (exact) mass is 407 g/mol. The molecule has 3 aliphatic heterocycles. The van der Waals surface area contributed by atoms with Gasteiger partial charge in [0.15, 0.2) is 0 Å². The summed E-state index contributed by atoms with van der Waals surface area (Å²) in [5.74, 6) is -0.0474. The Labute approximate surface area is 177 Å². The number of rotatable bonds is 3. The molecule has 0 unspecified atom stereocenters. The lowest BCUT2D eigenvalue weighted by Crippen LogP contribution is -2.55. The van der Waals surface area contributed by atoms with Crippen molar-refractivity contribution in [3.63, 3.8) is 0 Å². The Bertz CT molecular complexity index is 931. The molecule has 3 aliphatic rings. The third kappa shape index (κ3) is 3.54. The predicted octanol–water partition coefficient (Wildman–Crippen LogP) is 3.99. The van der Waals surface area contributed by atoms with E-state index in [-0.39, 0.29) is 23.6 Å². The number of amides is 1. The molecule has 0 spiro atoms. The minimum absolute atomic E-state index is 0.115. The molecule has 4 atom stereocenters. The van der Waals surface area contributed by atoms with Crippen LogP contribution >= 0.6 is 0 Å². The quantitative estimate of drug-likeness (QED) is 0.809. The summed E-state index contributed by atoms with van der Waals surface area (Å²) in [6, 6.07) is 13.6. The Balaban J connectivity index is 1.46. The molecule has 2 N–H and O–H groups in total. The van der Waals surface area contributed by atoms with Crippen molar-refractivity contribution in [2.75, 3.05) is 19.6 Å². The molecule has 1 amide bonds. The molecule has 2 aromatic carbocycles. The number of hydrogen-bond acceptors (Lipinski definition) is 3. The average Bonchev–Trinajstić information content (AvgIpc) is 2.78. The fraction of sp³-hybridized carbons (Fsp3) is 0.480. The second-order valence-electron chi connectivity index (χ2n) is 9.06. The molecular weight excluding hydrogens is 377 g/mol. The number of piperidine rings is 2. The number of nitrogens with one attached hydrogen (secondary N) is 2. The van der Waals surface area contributed by atoms with Gasteiger partial charge in [0.2, 0.25) is 0 Å². The predicted molar refractivity (Wildman–Crippen MR) is 116 cm³/mol. The van der Waals surface area contributed by atoms with Gasteiger partial charge in [-0.25, -0.2) is 4.39 Å². The third-order valence-corrected chi connectivity index (χ3v) is 7.28. The minimum atomic E-state index is -0.410. The highest BCUT2D eigenvalue weighted by atomic mass is 19.1. The number of nitrogens with zero attached hydrogens (tertiary/aromatic N) is 1. The van der Waals surface area contributed by atoms with E-state index in [0.717, 1.165) is 49.2 Å². The van der Waals surface area contributed by atoms with Crippen LogP contribution in [-0.2, 0) is 6.42 Å². The fourth-order valence-electron chi connectivity index (χ4n) is 5.70. The third-order valence-electron chi connectivity index (χ3n) is 7.28. The summed E-state index contributed by atoms with van der Waals surface area (Å²) in [6.07, 6.45) is 4.33. The van der Waals surface area contributed by atoms with E-state index in [1.165, 1.54) is 18.9 Å². The van der Waals surface area contributed by atoms with E-state index in [9.17, 15) is 4.79 Å². The Hall–Kier alpha value is -2.24. The van der Waals surface area contributed by atoms with Crippen molar-refractivity contribution in [3.8, 4) is 0 Å². The van der Waals surface area contributed by atoms with E-state index in [0.29, 0.717) is 12.0 Å². The summed E-state index contributed by atoms with van der Waals surface area (Å²) in [5.41, 5.74) is 3.32. The Morgan fingerprint density at radius 3 is 2.90 bits per heavy atom. The van der Waals surface area contributed by atoms with Gasteiger partial charge in [-0.2, -0.15) is 0 Å². The van der Waals surface area contributed by atoms with E-state index >= 15 is 4.39 Å². The Morgan fingerprint density at radius 2 is 2.07 bits per heavy atom. The fourth-order valence-corrected chi connectivity index (χ4v) is 5.70. The zero-order chi connectivity index (χ0) is 20.7. The number of fused-ring (bicyclic) bond motifs is 4. The number of carbonyl (C=O) groups excluding carboxylic acids is 1. The molecule has 0 aromatic heterocycles. The largest absolute Gasteiger partial charge is 0.345 e. The van der Waals surface area contributed by atoms with Crippen LogP contribution in [0.1, 0.15) is 65.3 Å². The van der Waals surface area contributed by atoms with Crippen LogP contribution in [0.15, 0.2) is 42.5 Å². The molecular formula is C25H30FN3O. The highest BCUT2D eigenvalue weighted by Gasteiger charge is 2.41. The summed E-state index contributed by atoms with van der Waals surface area (Å²) in [6.45, 7) is 5.05. The molecule has 3 heterocycles. The maximum Gasteiger partial charge on any atom is 0.255 e. The molecule has 2 aromatic rings. The van der Waals surface area contributed by atoms with Crippen LogP contribution in [0.4, 0.5) is 4.39 Å². The van der Waals surface area contributed by atoms with Crippen LogP contribution in [0.25, 0.3) is 0 Å². The molecule has 5 rings (SSSR count). The second-order valence-corrected chi connectivity index (χ2v) is 9.06. The molecule has 30 heavy (non-hydrogen) atoms. The second kappa shape index (κ2) is 8.12. The van der Waals surface area contributed by atoms with Gasteiger partial charge in [0.1, 0.15) is 5.82 Å². The van der Waals surface area contributed by atoms with Crippen molar-refractivity contribution in [1.82, 2.24) is 15.5 Å². The first-order chi connectivity index (χ1) is 14.6. The molecule has 0 radical (unpaired) electrons. The molecule has 158 valence electrons. The van der Waals surface area contributed by atoms with Crippen LogP contribution in [0.2, 0.25) is 0 Å². The normalized spacial score (nSPS) is 26.8. The average molecular weight is 408 g/mol. The van der Waals surface area contributed by atoms with Crippen LogP contribution in [0.3, 0.4) is 0 Å². The van der Waals surface area contributed by atoms with E-state index in [4.69, 9.17) is 0 Å². The molecule has 4 nitrogen and oxygen atoms in total. The number of benzene rings is 2. The van der Waals surface area contributed by atoms with E-state index in [1.807, 2.05) is 43.3 Å². The van der Waals surface area contributed by atoms with Gasteiger partial charge in [-0.05, 0) is 67.8 Å². The van der Waals surface area contributed by atoms with Gasteiger partial charge >= 0.3 is 0 Å². The summed E-state index contributed by atoms with van der Waals surface area (Å²) in [5, 5.41) is 6.72. The van der Waals surface area contributed by atoms with Crippen molar-refractivity contribution < 1.29 is 9.18 Å². The van der Waals surface area contributed by atoms with Crippen LogP contribution < -0.4 is 10.6 Å². The maximum atomic E-state index is 15.1. The molecule has 5 heteroatoms. The van der Waals surface area contributed by atoms with Gasteiger partial charge in [0, 0.05) is 25.2 Å². The first-order valence-electron chi connectivity index (χ1n) is 11.3. The number of halogens is 1. The van der Waals surface area contributed by atoms with Crippen molar-refractivity contribution in [2.24, 2.45) is 5.92 Å². The van der Waals surface area contributed by atoms with Gasteiger partial charge in [-0.3, -0.25) is 9.69 Å². The first-order valence-corrected chi connectivity index (χ1v) is 11.3. The lowest BCUT2D eigenvalue weighted by Gasteiger charge is -2.49. The first kappa shape index (κ1) is 19.7. The van der Waals surface area contributed by atoms with E-state index in [1.54, 1.807) is 0 Å². The summed E-state index contributed by atoms with van der Waals surface area (Å²) < 4.78 is 15.1. The SMILES string of the molecule is C[C@@H](NC(=O)c1c(F)ccc2c1[C@H]1C[C@@H]3NCCC[C@@H]3CN1CC2)c1ccccc1. The van der Waals surface area contributed by atoms with Gasteiger partial charge in [0.25, 0.3) is 5.91 Å². The van der Waals surface area contributed by atoms with E-state index in [2.05, 4.69) is 15.5 Å². The standard InChI is InChI=1S/C25H30FN3O/c1-16(17-6-3-2-4-7-17)28-25(30)24-20(26)10-9-18-11-13-29-15-19-8-5-12-27-21(19)14-22(29)23(18)24/h2-4,6-7,9-10,16,19,21-22,27H,5,8,11-15H2,1H3,(H,28,30)/t16-,19-,21+,22-/m1/s1. The highest BCUT2D eigenvalue weighted by molar-refractivity contribution is 5.97. The topological polar surface area (TPSA) is 44.4 Å². The molecule has 0 bridgehead atoms. The van der Waals surface area contributed by atoms with E-state index < -0.39 is 5.82 Å².